The Labute approximate surface area is 159 Å². The van der Waals surface area contributed by atoms with Gasteiger partial charge in [0.05, 0.1) is 13.2 Å². The number of carbonyl (C=O) groups is 1. The molecule has 144 valence electrons. The molecule has 0 fully saturated rings. The van der Waals surface area contributed by atoms with Gasteiger partial charge in [-0.15, -0.1) is 0 Å². The van der Waals surface area contributed by atoms with Crippen LogP contribution >= 0.6 is 0 Å². The van der Waals surface area contributed by atoms with Gasteiger partial charge in [-0.1, -0.05) is 24.3 Å². The van der Waals surface area contributed by atoms with Crippen LogP contribution in [0.25, 0.3) is 0 Å². The summed E-state index contributed by atoms with van der Waals surface area (Å²) in [5, 5.41) is 17.9. The molecule has 4 N–H and O–H groups in total. The van der Waals surface area contributed by atoms with Gasteiger partial charge in [0.1, 0.15) is 18.4 Å². The topological polar surface area (TPSA) is 96.0 Å². The highest BCUT2D eigenvalue weighted by molar-refractivity contribution is 5.99. The molecule has 1 atom stereocenters. The minimum Gasteiger partial charge on any atom is -0.491 e. The van der Waals surface area contributed by atoms with Gasteiger partial charge in [-0.05, 0) is 54.2 Å². The average molecular weight is 370 g/mol. The van der Waals surface area contributed by atoms with Gasteiger partial charge in [0.25, 0.3) is 0 Å². The van der Waals surface area contributed by atoms with E-state index in [1.165, 1.54) is 16.7 Å². The minimum absolute atomic E-state index is 0.00357. The Hall–Kier alpha value is -2.41. The Morgan fingerprint density at radius 3 is 2.63 bits per heavy atom. The molecule has 6 heteroatoms. The highest BCUT2D eigenvalue weighted by Crippen LogP contribution is 2.32. The van der Waals surface area contributed by atoms with Gasteiger partial charge in [-0.2, -0.15) is 0 Å². The van der Waals surface area contributed by atoms with E-state index in [9.17, 15) is 4.79 Å². The molecule has 0 saturated carbocycles. The predicted octanol–water partition coefficient (Wildman–Crippen LogP) is 1.05. The predicted molar refractivity (Wildman–Crippen MR) is 104 cm³/mol. The number of hydrogen-bond donors (Lipinski definition) is 3. The molecule has 1 aliphatic rings. The van der Waals surface area contributed by atoms with Crippen molar-refractivity contribution in [2.45, 2.75) is 25.3 Å². The van der Waals surface area contributed by atoms with Crippen LogP contribution in [0, 0.1) is 0 Å². The lowest BCUT2D eigenvalue weighted by atomic mass is 9.98. The minimum atomic E-state index is -0.869. The summed E-state index contributed by atoms with van der Waals surface area (Å²) in [5.74, 6) is 0.523. The summed E-state index contributed by atoms with van der Waals surface area (Å²) in [6.07, 6.45) is 2.58. The molecule has 1 heterocycles. The van der Waals surface area contributed by atoms with Crippen molar-refractivity contribution in [3.63, 3.8) is 0 Å². The lowest BCUT2D eigenvalue weighted by Gasteiger charge is -2.20. The van der Waals surface area contributed by atoms with Gasteiger partial charge >= 0.3 is 0 Å². The Balaban J connectivity index is 1.67. The zero-order chi connectivity index (χ0) is 19.2. The van der Waals surface area contributed by atoms with Crippen molar-refractivity contribution in [2.75, 3.05) is 31.3 Å². The number of hydrogen-bond acceptors (Lipinski definition) is 5. The molecule has 27 heavy (non-hydrogen) atoms. The SMILES string of the molecule is N[C@H](CO)C(=O)N1CCc2c(CCc3ccc(OCCO)cc3)cccc21. The van der Waals surface area contributed by atoms with Crippen molar-refractivity contribution < 1.29 is 19.7 Å². The fourth-order valence-electron chi connectivity index (χ4n) is 3.44. The van der Waals surface area contributed by atoms with Crippen LogP contribution in [-0.4, -0.2) is 48.5 Å². The van der Waals surface area contributed by atoms with Crippen LogP contribution in [0.3, 0.4) is 0 Å². The lowest BCUT2D eigenvalue weighted by Crippen LogP contribution is -2.45. The maximum atomic E-state index is 12.4. The number of rotatable bonds is 8. The van der Waals surface area contributed by atoms with E-state index in [0.29, 0.717) is 13.2 Å². The Bertz CT molecular complexity index is 776. The number of aliphatic hydroxyl groups excluding tert-OH is 2. The van der Waals surface area contributed by atoms with Crippen molar-refractivity contribution in [3.8, 4) is 5.75 Å². The number of nitrogens with zero attached hydrogens (tertiary/aromatic N) is 1. The standard InChI is InChI=1S/C21H26N2O4/c22-19(14-25)21(26)23-11-10-18-16(2-1-3-20(18)23)7-4-15-5-8-17(9-6-15)27-13-12-24/h1-3,5-6,8-9,19,24-25H,4,7,10-14,22H2/t19-/m1/s1. The number of ether oxygens (including phenoxy) is 1. The summed E-state index contributed by atoms with van der Waals surface area (Å²) in [4.78, 5) is 14.0. The molecule has 0 spiro atoms. The summed E-state index contributed by atoms with van der Waals surface area (Å²) in [6, 6.07) is 13.0. The normalized spacial score (nSPS) is 14.1. The third kappa shape index (κ3) is 4.47. The number of amides is 1. The monoisotopic (exact) mass is 370 g/mol. The second-order valence-electron chi connectivity index (χ2n) is 6.66. The maximum absolute atomic E-state index is 12.4. The summed E-state index contributed by atoms with van der Waals surface area (Å²) in [6.45, 7) is 0.562. The van der Waals surface area contributed by atoms with Gasteiger partial charge in [-0.3, -0.25) is 4.79 Å². The lowest BCUT2D eigenvalue weighted by molar-refractivity contribution is -0.120. The van der Waals surface area contributed by atoms with E-state index in [1.807, 2.05) is 36.4 Å². The number of anilines is 1. The van der Waals surface area contributed by atoms with Crippen LogP contribution < -0.4 is 15.4 Å². The quantitative estimate of drug-likeness (QED) is 0.646. The number of carbonyl (C=O) groups excluding carboxylic acids is 1. The van der Waals surface area contributed by atoms with Crippen molar-refractivity contribution in [1.29, 1.82) is 0 Å². The average Bonchev–Trinajstić information content (AvgIpc) is 3.15. The van der Waals surface area contributed by atoms with Crippen molar-refractivity contribution in [3.05, 3.63) is 59.2 Å². The maximum Gasteiger partial charge on any atom is 0.246 e. The third-order valence-corrected chi connectivity index (χ3v) is 4.87. The number of fused-ring (bicyclic) bond motifs is 1. The van der Waals surface area contributed by atoms with Crippen LogP contribution in [0.15, 0.2) is 42.5 Å². The molecule has 1 amide bonds. The van der Waals surface area contributed by atoms with Crippen LogP contribution in [0.4, 0.5) is 5.69 Å². The smallest absolute Gasteiger partial charge is 0.246 e. The van der Waals surface area contributed by atoms with Crippen LogP contribution in [0.5, 0.6) is 5.75 Å². The van der Waals surface area contributed by atoms with Gasteiger partial charge < -0.3 is 25.6 Å². The molecule has 2 aromatic carbocycles. The molecule has 0 saturated heterocycles. The van der Waals surface area contributed by atoms with Gasteiger partial charge in [0.2, 0.25) is 5.91 Å². The van der Waals surface area contributed by atoms with Crippen molar-refractivity contribution >= 4 is 11.6 Å². The number of aryl methyl sites for hydroxylation is 2. The second kappa shape index (κ2) is 8.99. The second-order valence-corrected chi connectivity index (χ2v) is 6.66. The summed E-state index contributed by atoms with van der Waals surface area (Å²) in [7, 11) is 0. The van der Waals surface area contributed by atoms with Crippen molar-refractivity contribution in [1.82, 2.24) is 0 Å². The summed E-state index contributed by atoms with van der Waals surface area (Å²) in [5.41, 5.74) is 10.3. The number of nitrogens with two attached hydrogens (primary N) is 1. The van der Waals surface area contributed by atoms with E-state index in [-0.39, 0.29) is 19.1 Å². The molecular formula is C21H26N2O4. The molecule has 3 rings (SSSR count). The first kappa shape index (κ1) is 19.4. The third-order valence-electron chi connectivity index (χ3n) is 4.87. The first-order chi connectivity index (χ1) is 13.1. The highest BCUT2D eigenvalue weighted by atomic mass is 16.5. The van der Waals surface area contributed by atoms with E-state index in [0.717, 1.165) is 30.7 Å². The molecule has 0 aliphatic carbocycles. The Morgan fingerprint density at radius 1 is 1.15 bits per heavy atom. The fraction of sp³-hybridized carbons (Fsp3) is 0.381. The molecule has 0 aromatic heterocycles. The van der Waals surface area contributed by atoms with E-state index >= 15 is 0 Å². The molecule has 0 bridgehead atoms. The number of aliphatic hydroxyl groups is 2. The van der Waals surface area contributed by atoms with Crippen LogP contribution in [0.2, 0.25) is 0 Å². The zero-order valence-corrected chi connectivity index (χ0v) is 15.3. The van der Waals surface area contributed by atoms with E-state index in [1.54, 1.807) is 4.90 Å². The van der Waals surface area contributed by atoms with E-state index < -0.39 is 6.04 Å². The fourth-order valence-corrected chi connectivity index (χ4v) is 3.44. The first-order valence-electron chi connectivity index (χ1n) is 9.25. The molecule has 2 aromatic rings. The largest absolute Gasteiger partial charge is 0.491 e. The van der Waals surface area contributed by atoms with E-state index in [2.05, 4.69) is 6.07 Å². The van der Waals surface area contributed by atoms with Gasteiger partial charge in [0, 0.05) is 12.2 Å². The van der Waals surface area contributed by atoms with Gasteiger partial charge in [-0.25, -0.2) is 0 Å². The highest BCUT2D eigenvalue weighted by Gasteiger charge is 2.29. The Kier molecular flexibility index (Phi) is 6.45. The summed E-state index contributed by atoms with van der Waals surface area (Å²) < 4.78 is 5.38. The van der Waals surface area contributed by atoms with E-state index in [4.69, 9.17) is 20.7 Å². The molecular weight excluding hydrogens is 344 g/mol. The molecule has 0 radical (unpaired) electrons. The molecule has 1 aliphatic heterocycles. The number of benzene rings is 2. The zero-order valence-electron chi connectivity index (χ0n) is 15.3. The summed E-state index contributed by atoms with van der Waals surface area (Å²) >= 11 is 0. The Morgan fingerprint density at radius 2 is 1.93 bits per heavy atom. The molecule has 6 nitrogen and oxygen atoms in total. The van der Waals surface area contributed by atoms with Gasteiger partial charge in [0.15, 0.2) is 0 Å². The van der Waals surface area contributed by atoms with Crippen LogP contribution in [0.1, 0.15) is 16.7 Å². The molecule has 0 unspecified atom stereocenters. The first-order valence-corrected chi connectivity index (χ1v) is 9.25. The van der Waals surface area contributed by atoms with Crippen LogP contribution in [-0.2, 0) is 24.1 Å². The van der Waals surface area contributed by atoms with Crippen molar-refractivity contribution in [2.24, 2.45) is 5.73 Å².